The summed E-state index contributed by atoms with van der Waals surface area (Å²) in [6, 6.07) is 24.0. The third-order valence-corrected chi connectivity index (χ3v) is 6.42. The van der Waals surface area contributed by atoms with Gasteiger partial charge in [0.15, 0.2) is 11.5 Å². The largest absolute Gasteiger partial charge is 0.493 e. The van der Waals surface area contributed by atoms with Gasteiger partial charge < -0.3 is 19.4 Å². The maximum atomic E-state index is 12.2. The number of hydrogen-bond donors (Lipinski definition) is 1. The van der Waals surface area contributed by atoms with Crippen LogP contribution in [0.25, 0.3) is 23.2 Å². The number of allylic oxidation sites excluding steroid dienone is 1. The zero-order valence-electron chi connectivity index (χ0n) is 22.8. The van der Waals surface area contributed by atoms with Gasteiger partial charge in [0.1, 0.15) is 5.82 Å². The lowest BCUT2D eigenvalue weighted by atomic mass is 10.2. The first-order valence-electron chi connectivity index (χ1n) is 13.6. The van der Waals surface area contributed by atoms with E-state index in [0.717, 1.165) is 71.7 Å². The van der Waals surface area contributed by atoms with Crippen molar-refractivity contribution in [3.8, 4) is 11.5 Å². The van der Waals surface area contributed by atoms with Gasteiger partial charge >= 0.3 is 0 Å². The lowest BCUT2D eigenvalue weighted by Crippen LogP contribution is -2.22. The molecule has 3 aromatic carbocycles. The molecule has 6 nitrogen and oxygen atoms in total. The maximum Gasteiger partial charge on any atom is 0.243 e. The third kappa shape index (κ3) is 8.08. The molecule has 0 saturated carbocycles. The minimum Gasteiger partial charge on any atom is -0.493 e. The number of aromatic nitrogens is 2. The first kappa shape index (κ1) is 27.7. The van der Waals surface area contributed by atoms with Crippen LogP contribution in [0.5, 0.6) is 11.5 Å². The molecule has 0 saturated heterocycles. The van der Waals surface area contributed by atoms with Crippen LogP contribution in [-0.2, 0) is 17.8 Å². The van der Waals surface area contributed by atoms with Crippen molar-refractivity contribution in [2.45, 2.75) is 39.2 Å². The van der Waals surface area contributed by atoms with E-state index >= 15 is 0 Å². The van der Waals surface area contributed by atoms with Crippen molar-refractivity contribution in [2.75, 3.05) is 20.3 Å². The van der Waals surface area contributed by atoms with E-state index in [0.29, 0.717) is 13.2 Å². The molecule has 0 fully saturated rings. The fourth-order valence-electron chi connectivity index (χ4n) is 4.47. The molecule has 39 heavy (non-hydrogen) atoms. The SMILES string of the molecule is C/C=C/c1ccc(OCCCCn2c(CCCNC(=O)/C=C\c3ccccc3)nc3ccccc32)c(OC)c1. The lowest BCUT2D eigenvalue weighted by molar-refractivity contribution is -0.116. The highest BCUT2D eigenvalue weighted by Gasteiger charge is 2.11. The average Bonchev–Trinajstić information content (AvgIpc) is 3.32. The molecule has 0 atom stereocenters. The molecule has 1 amide bonds. The van der Waals surface area contributed by atoms with Gasteiger partial charge in [-0.2, -0.15) is 0 Å². The summed E-state index contributed by atoms with van der Waals surface area (Å²) < 4.78 is 13.8. The first-order valence-corrected chi connectivity index (χ1v) is 13.6. The van der Waals surface area contributed by atoms with E-state index in [4.69, 9.17) is 14.5 Å². The van der Waals surface area contributed by atoms with E-state index in [1.807, 2.05) is 79.7 Å². The molecule has 0 unspecified atom stereocenters. The highest BCUT2D eigenvalue weighted by atomic mass is 16.5. The molecule has 6 heteroatoms. The smallest absolute Gasteiger partial charge is 0.243 e. The Balaban J connectivity index is 1.27. The van der Waals surface area contributed by atoms with Crippen molar-refractivity contribution < 1.29 is 14.3 Å². The van der Waals surface area contributed by atoms with Crippen molar-refractivity contribution in [1.82, 2.24) is 14.9 Å². The average molecular weight is 524 g/mol. The van der Waals surface area contributed by atoms with Crippen LogP contribution in [0.1, 0.15) is 43.1 Å². The van der Waals surface area contributed by atoms with Crippen molar-refractivity contribution in [2.24, 2.45) is 0 Å². The molecular formula is C33H37N3O3. The zero-order chi connectivity index (χ0) is 27.3. The van der Waals surface area contributed by atoms with Gasteiger partial charge in [-0.05, 0) is 67.7 Å². The molecule has 1 N–H and O–H groups in total. The topological polar surface area (TPSA) is 65.4 Å². The Morgan fingerprint density at radius 1 is 0.923 bits per heavy atom. The van der Waals surface area contributed by atoms with Gasteiger partial charge in [-0.1, -0.05) is 60.7 Å². The van der Waals surface area contributed by atoms with E-state index < -0.39 is 0 Å². The number of rotatable bonds is 14. The number of nitrogens with zero attached hydrogens (tertiary/aromatic N) is 2. The second-order valence-corrected chi connectivity index (χ2v) is 9.27. The number of fused-ring (bicyclic) bond motifs is 1. The summed E-state index contributed by atoms with van der Waals surface area (Å²) in [5.74, 6) is 2.48. The number of carbonyl (C=O) groups excluding carboxylic acids is 1. The highest BCUT2D eigenvalue weighted by molar-refractivity contribution is 5.91. The van der Waals surface area contributed by atoms with Crippen molar-refractivity contribution in [3.63, 3.8) is 0 Å². The molecule has 4 aromatic rings. The van der Waals surface area contributed by atoms with Crippen molar-refractivity contribution in [3.05, 3.63) is 102 Å². The van der Waals surface area contributed by atoms with Crippen LogP contribution in [0.4, 0.5) is 0 Å². The summed E-state index contributed by atoms with van der Waals surface area (Å²) in [5, 5.41) is 2.98. The number of nitrogens with one attached hydrogen (secondary N) is 1. The minimum atomic E-state index is -0.0829. The molecule has 4 rings (SSSR count). The Kier molecular flexibility index (Phi) is 10.4. The molecule has 1 aromatic heterocycles. The Hall–Kier alpha value is -4.32. The number of carbonyl (C=O) groups is 1. The standard InChI is InChI=1S/C33H37N3O3/c1-3-12-27-18-20-30(31(25-27)38-2)39-24-10-9-23-36-29-16-8-7-15-28(29)35-32(36)17-11-22-34-33(37)21-19-26-13-5-4-6-14-26/h3-8,12-16,18-21,25H,9-11,17,22-24H2,1-2H3,(H,34,37)/b12-3+,21-19-. The fourth-order valence-corrected chi connectivity index (χ4v) is 4.47. The number of imidazole rings is 1. The number of aryl methyl sites for hydroxylation is 2. The first-order chi connectivity index (χ1) is 19.2. The number of unbranched alkanes of at least 4 members (excludes halogenated alkanes) is 1. The number of para-hydroxylation sites is 2. The van der Waals surface area contributed by atoms with Gasteiger partial charge in [0.05, 0.1) is 24.8 Å². The highest BCUT2D eigenvalue weighted by Crippen LogP contribution is 2.29. The van der Waals surface area contributed by atoms with Gasteiger partial charge in [0.25, 0.3) is 0 Å². The van der Waals surface area contributed by atoms with Gasteiger partial charge in [-0.25, -0.2) is 4.98 Å². The van der Waals surface area contributed by atoms with Crippen LogP contribution in [0.2, 0.25) is 0 Å². The Morgan fingerprint density at radius 2 is 1.74 bits per heavy atom. The third-order valence-electron chi connectivity index (χ3n) is 6.42. The minimum absolute atomic E-state index is 0.0829. The molecule has 202 valence electrons. The predicted molar refractivity (Wildman–Crippen MR) is 159 cm³/mol. The Bertz CT molecular complexity index is 1410. The van der Waals surface area contributed by atoms with Crippen LogP contribution in [0, 0.1) is 0 Å². The van der Waals surface area contributed by atoms with Crippen molar-refractivity contribution >= 4 is 29.1 Å². The molecule has 0 aliphatic rings. The lowest BCUT2D eigenvalue weighted by Gasteiger charge is -2.12. The number of amides is 1. The summed E-state index contributed by atoms with van der Waals surface area (Å²) in [6.07, 6.45) is 10.9. The van der Waals surface area contributed by atoms with E-state index in [9.17, 15) is 4.79 Å². The van der Waals surface area contributed by atoms with Gasteiger partial charge in [0.2, 0.25) is 5.91 Å². The molecular weight excluding hydrogens is 486 g/mol. The molecule has 0 spiro atoms. The summed E-state index contributed by atoms with van der Waals surface area (Å²) in [5.41, 5.74) is 4.24. The molecule has 1 heterocycles. The predicted octanol–water partition coefficient (Wildman–Crippen LogP) is 6.70. The number of benzene rings is 3. The summed E-state index contributed by atoms with van der Waals surface area (Å²) >= 11 is 0. The summed E-state index contributed by atoms with van der Waals surface area (Å²) in [7, 11) is 1.67. The van der Waals surface area contributed by atoms with Crippen LogP contribution in [0.3, 0.4) is 0 Å². The maximum absolute atomic E-state index is 12.2. The van der Waals surface area contributed by atoms with Gasteiger partial charge in [0, 0.05) is 25.6 Å². The monoisotopic (exact) mass is 523 g/mol. The van der Waals surface area contributed by atoms with Crippen LogP contribution in [-0.4, -0.2) is 35.7 Å². The summed E-state index contributed by atoms with van der Waals surface area (Å²) in [6.45, 7) is 4.08. The zero-order valence-corrected chi connectivity index (χ0v) is 22.8. The molecule has 0 radical (unpaired) electrons. The Labute approximate surface area is 231 Å². The van der Waals surface area contributed by atoms with E-state index in [-0.39, 0.29) is 5.91 Å². The van der Waals surface area contributed by atoms with E-state index in [1.54, 1.807) is 13.2 Å². The van der Waals surface area contributed by atoms with Gasteiger partial charge in [-0.3, -0.25) is 4.79 Å². The normalized spacial score (nSPS) is 11.4. The quantitative estimate of drug-likeness (QED) is 0.148. The molecule has 0 aliphatic carbocycles. The van der Waals surface area contributed by atoms with E-state index in [1.165, 1.54) is 0 Å². The van der Waals surface area contributed by atoms with Gasteiger partial charge in [-0.15, -0.1) is 0 Å². The molecule has 0 aliphatic heterocycles. The number of methoxy groups -OCH3 is 1. The molecule has 0 bridgehead atoms. The number of hydrogen-bond acceptors (Lipinski definition) is 4. The summed E-state index contributed by atoms with van der Waals surface area (Å²) in [4.78, 5) is 17.1. The van der Waals surface area contributed by atoms with Crippen LogP contribution >= 0.6 is 0 Å². The van der Waals surface area contributed by atoms with Crippen molar-refractivity contribution in [1.29, 1.82) is 0 Å². The second kappa shape index (κ2) is 14.6. The van der Waals surface area contributed by atoms with Crippen LogP contribution in [0.15, 0.2) is 84.9 Å². The van der Waals surface area contributed by atoms with Crippen LogP contribution < -0.4 is 14.8 Å². The fraction of sp³-hybridized carbons (Fsp3) is 0.273. The van der Waals surface area contributed by atoms with E-state index in [2.05, 4.69) is 28.1 Å². The number of ether oxygens (including phenoxy) is 2. The Morgan fingerprint density at radius 3 is 2.56 bits per heavy atom. The second-order valence-electron chi connectivity index (χ2n) is 9.27.